The molecule has 1 aromatic carbocycles. The SMILES string of the molecule is C=CN=C=O.CC(=O)Oc1ccccc1C(=O)O. The lowest BCUT2D eigenvalue weighted by molar-refractivity contribution is -0.131. The maximum Gasteiger partial charge on any atom is 0.339 e. The van der Waals surface area contributed by atoms with E-state index in [-0.39, 0.29) is 11.3 Å². The summed E-state index contributed by atoms with van der Waals surface area (Å²) in [6, 6.07) is 5.98. The summed E-state index contributed by atoms with van der Waals surface area (Å²) in [6.07, 6.45) is 2.41. The van der Waals surface area contributed by atoms with Gasteiger partial charge in [-0.05, 0) is 12.1 Å². The summed E-state index contributed by atoms with van der Waals surface area (Å²) in [5.41, 5.74) is -0.0160. The zero-order valence-corrected chi connectivity index (χ0v) is 9.62. The van der Waals surface area contributed by atoms with Crippen molar-refractivity contribution in [1.29, 1.82) is 0 Å². The van der Waals surface area contributed by atoms with E-state index in [1.165, 1.54) is 25.1 Å². The molecule has 0 saturated heterocycles. The van der Waals surface area contributed by atoms with E-state index in [1.54, 1.807) is 12.1 Å². The number of carbonyl (C=O) groups excluding carboxylic acids is 2. The molecule has 0 aromatic heterocycles. The van der Waals surface area contributed by atoms with E-state index in [0.29, 0.717) is 0 Å². The molecular weight excluding hydrogens is 238 g/mol. The molecule has 1 N–H and O–H groups in total. The maximum absolute atomic E-state index is 10.6. The first kappa shape index (κ1) is 15.3. The fourth-order valence-corrected chi connectivity index (χ4v) is 0.924. The van der Waals surface area contributed by atoms with E-state index in [0.717, 1.165) is 6.20 Å². The van der Waals surface area contributed by atoms with Crippen molar-refractivity contribution in [1.82, 2.24) is 0 Å². The van der Waals surface area contributed by atoms with Crippen LogP contribution in [0.4, 0.5) is 0 Å². The Morgan fingerprint density at radius 3 is 2.44 bits per heavy atom. The molecule has 0 bridgehead atoms. The first-order valence-electron chi connectivity index (χ1n) is 4.71. The van der Waals surface area contributed by atoms with Crippen molar-refractivity contribution in [2.45, 2.75) is 6.92 Å². The van der Waals surface area contributed by atoms with Crippen LogP contribution in [-0.4, -0.2) is 23.1 Å². The lowest BCUT2D eigenvalue weighted by atomic mass is 10.2. The van der Waals surface area contributed by atoms with E-state index >= 15 is 0 Å². The van der Waals surface area contributed by atoms with Crippen molar-refractivity contribution in [2.75, 3.05) is 0 Å². The molecule has 0 aliphatic carbocycles. The second kappa shape index (κ2) is 8.43. The molecule has 94 valence electrons. The van der Waals surface area contributed by atoms with Crippen LogP contribution in [0.15, 0.2) is 42.0 Å². The molecule has 6 heteroatoms. The number of aromatic carboxylic acids is 1. The van der Waals surface area contributed by atoms with Gasteiger partial charge in [-0.1, -0.05) is 18.7 Å². The predicted molar refractivity (Wildman–Crippen MR) is 63.0 cm³/mol. The van der Waals surface area contributed by atoms with E-state index in [4.69, 9.17) is 9.90 Å². The van der Waals surface area contributed by atoms with Gasteiger partial charge in [-0.2, -0.15) is 4.99 Å². The Bertz CT molecular complexity index is 489. The van der Waals surface area contributed by atoms with Crippen LogP contribution in [0.1, 0.15) is 17.3 Å². The quantitative estimate of drug-likeness (QED) is 0.381. The van der Waals surface area contributed by atoms with Gasteiger partial charge in [0.15, 0.2) is 0 Å². The van der Waals surface area contributed by atoms with Crippen molar-refractivity contribution in [3.05, 3.63) is 42.6 Å². The molecule has 1 aromatic rings. The van der Waals surface area contributed by atoms with Crippen LogP contribution in [0.5, 0.6) is 5.75 Å². The van der Waals surface area contributed by atoms with Crippen LogP contribution in [-0.2, 0) is 9.59 Å². The highest BCUT2D eigenvalue weighted by Crippen LogP contribution is 2.17. The van der Waals surface area contributed by atoms with Crippen molar-refractivity contribution in [3.8, 4) is 5.75 Å². The molecule has 0 saturated carbocycles. The number of hydrogen-bond donors (Lipinski definition) is 1. The highest BCUT2D eigenvalue weighted by molar-refractivity contribution is 5.91. The van der Waals surface area contributed by atoms with Crippen molar-refractivity contribution < 1.29 is 24.2 Å². The van der Waals surface area contributed by atoms with E-state index in [2.05, 4.69) is 16.3 Å². The molecule has 0 aliphatic heterocycles. The zero-order chi connectivity index (χ0) is 14.0. The first-order chi connectivity index (χ1) is 8.52. The van der Waals surface area contributed by atoms with Gasteiger partial charge in [0, 0.05) is 13.1 Å². The van der Waals surface area contributed by atoms with Gasteiger partial charge in [-0.3, -0.25) is 4.79 Å². The Morgan fingerprint density at radius 1 is 1.44 bits per heavy atom. The molecule has 6 nitrogen and oxygen atoms in total. The Labute approximate surface area is 103 Å². The van der Waals surface area contributed by atoms with Gasteiger partial charge in [-0.25, -0.2) is 9.59 Å². The first-order valence-corrected chi connectivity index (χ1v) is 4.71. The molecule has 1 rings (SSSR count). The summed E-state index contributed by atoms with van der Waals surface area (Å²) >= 11 is 0. The summed E-state index contributed by atoms with van der Waals surface area (Å²) in [4.78, 5) is 33.2. The summed E-state index contributed by atoms with van der Waals surface area (Å²) in [7, 11) is 0. The van der Waals surface area contributed by atoms with Crippen LogP contribution >= 0.6 is 0 Å². The number of esters is 1. The fourth-order valence-electron chi connectivity index (χ4n) is 0.924. The minimum Gasteiger partial charge on any atom is -0.478 e. The summed E-state index contributed by atoms with van der Waals surface area (Å²) < 4.78 is 4.69. The second-order valence-electron chi connectivity index (χ2n) is 2.80. The Hall–Kier alpha value is -2.72. The third-order valence-corrected chi connectivity index (χ3v) is 1.52. The van der Waals surface area contributed by atoms with E-state index < -0.39 is 11.9 Å². The van der Waals surface area contributed by atoms with Gasteiger partial charge in [0.25, 0.3) is 0 Å². The lowest BCUT2D eigenvalue weighted by Crippen LogP contribution is -2.06. The van der Waals surface area contributed by atoms with Crippen molar-refractivity contribution in [2.24, 2.45) is 4.99 Å². The number of nitrogens with zero attached hydrogens (tertiary/aromatic N) is 1. The van der Waals surface area contributed by atoms with Crippen LogP contribution in [0, 0.1) is 0 Å². The zero-order valence-electron chi connectivity index (χ0n) is 9.62. The van der Waals surface area contributed by atoms with Gasteiger partial charge >= 0.3 is 11.9 Å². The largest absolute Gasteiger partial charge is 0.478 e. The highest BCUT2D eigenvalue weighted by atomic mass is 16.5. The predicted octanol–water partition coefficient (Wildman–Crippen LogP) is 1.78. The molecule has 0 radical (unpaired) electrons. The van der Waals surface area contributed by atoms with Crippen LogP contribution in [0.2, 0.25) is 0 Å². The number of aliphatic imine (C=N–C) groups is 1. The summed E-state index contributed by atoms with van der Waals surface area (Å²) in [5, 5.41) is 8.69. The van der Waals surface area contributed by atoms with Gasteiger partial charge < -0.3 is 9.84 Å². The normalized spacial score (nSPS) is 8.06. The number of carbonyl (C=O) groups is 2. The summed E-state index contributed by atoms with van der Waals surface area (Å²) in [5.74, 6) is -1.58. The number of hydrogen-bond acceptors (Lipinski definition) is 5. The van der Waals surface area contributed by atoms with Crippen molar-refractivity contribution >= 4 is 18.0 Å². The number of benzene rings is 1. The molecule has 0 amide bonds. The molecule has 0 heterocycles. The van der Waals surface area contributed by atoms with Crippen LogP contribution in [0.3, 0.4) is 0 Å². The van der Waals surface area contributed by atoms with Gasteiger partial charge in [0.05, 0.1) is 0 Å². The number of para-hydroxylation sites is 1. The van der Waals surface area contributed by atoms with E-state index in [9.17, 15) is 9.59 Å². The minimum atomic E-state index is -1.11. The highest BCUT2D eigenvalue weighted by Gasteiger charge is 2.10. The monoisotopic (exact) mass is 249 g/mol. The Morgan fingerprint density at radius 2 is 2.06 bits per heavy atom. The van der Waals surface area contributed by atoms with Crippen LogP contribution in [0.25, 0.3) is 0 Å². The minimum absolute atomic E-state index is 0.0160. The lowest BCUT2D eigenvalue weighted by Gasteiger charge is -2.03. The molecule has 0 fully saturated rings. The van der Waals surface area contributed by atoms with Crippen LogP contribution < -0.4 is 4.74 Å². The summed E-state index contributed by atoms with van der Waals surface area (Å²) in [6.45, 7) is 4.34. The maximum atomic E-state index is 10.6. The molecule has 18 heavy (non-hydrogen) atoms. The number of carboxylic acid groups (broad SMARTS) is 1. The van der Waals surface area contributed by atoms with Gasteiger partial charge in [0.1, 0.15) is 11.3 Å². The molecule has 0 aliphatic rings. The fraction of sp³-hybridized carbons (Fsp3) is 0.0833. The average molecular weight is 249 g/mol. The number of rotatable bonds is 3. The third kappa shape index (κ3) is 5.99. The standard InChI is InChI=1S/C9H8O4.C3H3NO/c1-6(10)13-8-5-3-2-4-7(8)9(11)12;1-2-4-3-5/h2-5H,1H3,(H,11,12);2H,1H2. The van der Waals surface area contributed by atoms with Gasteiger partial charge in [0.2, 0.25) is 6.08 Å². The number of isocyanates is 1. The van der Waals surface area contributed by atoms with Crippen molar-refractivity contribution in [3.63, 3.8) is 0 Å². The van der Waals surface area contributed by atoms with Gasteiger partial charge in [-0.15, -0.1) is 0 Å². The molecule has 0 atom stereocenters. The number of carboxylic acids is 1. The van der Waals surface area contributed by atoms with E-state index in [1.807, 2.05) is 0 Å². The molecule has 0 spiro atoms. The topological polar surface area (TPSA) is 93.0 Å². The average Bonchev–Trinajstić information content (AvgIpc) is 2.30. The second-order valence-corrected chi connectivity index (χ2v) is 2.80. The molecular formula is C12H11NO5. The third-order valence-electron chi connectivity index (χ3n) is 1.52. The molecule has 0 unspecified atom stereocenters. The smallest absolute Gasteiger partial charge is 0.339 e. The Balaban J connectivity index is 0.000000494. The number of ether oxygens (including phenoxy) is 1. The Kier molecular flexibility index (Phi) is 7.16.